The molecule has 0 aliphatic rings. The molecule has 0 spiro atoms. The Kier molecular flexibility index (Phi) is 8.67. The van der Waals surface area contributed by atoms with E-state index in [4.69, 9.17) is 4.74 Å². The molecule has 0 heterocycles. The fourth-order valence-corrected chi connectivity index (χ4v) is 2.98. The second kappa shape index (κ2) is 11.2. The summed E-state index contributed by atoms with van der Waals surface area (Å²) in [4.78, 5) is 26.5. The van der Waals surface area contributed by atoms with Crippen LogP contribution in [0.4, 0.5) is 17.1 Å². The number of esters is 1. The number of carbonyl (C=O) groups is 2. The summed E-state index contributed by atoms with van der Waals surface area (Å²) in [5.41, 5.74) is 2.74. The molecule has 0 saturated carbocycles. The third-order valence-electron chi connectivity index (χ3n) is 4.16. The summed E-state index contributed by atoms with van der Waals surface area (Å²) < 4.78 is 4.78. The Balaban J connectivity index is 2.09. The molecular formula is C21H26N4O3S. The Hall–Kier alpha value is -2.87. The number of anilines is 1. The summed E-state index contributed by atoms with van der Waals surface area (Å²) in [5, 5.41) is 11.2. The normalized spacial score (nSPS) is 11.9. The van der Waals surface area contributed by atoms with E-state index in [0.29, 0.717) is 23.4 Å². The molecule has 2 rings (SSSR count). The van der Waals surface area contributed by atoms with Crippen LogP contribution >= 0.6 is 11.8 Å². The Bertz CT molecular complexity index is 853. The largest absolute Gasteiger partial charge is 0.467 e. The predicted octanol–water partition coefficient (Wildman–Crippen LogP) is 4.19. The summed E-state index contributed by atoms with van der Waals surface area (Å²) in [6, 6.07) is 13.8. The summed E-state index contributed by atoms with van der Waals surface area (Å²) in [6.45, 7) is 0. The first kappa shape index (κ1) is 22.4. The molecule has 2 aromatic rings. The topological polar surface area (TPSA) is 83.4 Å². The fourth-order valence-electron chi connectivity index (χ4n) is 2.51. The van der Waals surface area contributed by atoms with Crippen molar-refractivity contribution in [2.45, 2.75) is 12.5 Å². The van der Waals surface area contributed by atoms with Gasteiger partial charge in [0.2, 0.25) is 0 Å². The van der Waals surface area contributed by atoms with Crippen LogP contribution in [0.25, 0.3) is 0 Å². The highest BCUT2D eigenvalue weighted by molar-refractivity contribution is 7.98. The second-order valence-electron chi connectivity index (χ2n) is 6.49. The van der Waals surface area contributed by atoms with Crippen LogP contribution in [0.2, 0.25) is 0 Å². The van der Waals surface area contributed by atoms with E-state index in [0.717, 1.165) is 11.4 Å². The first-order chi connectivity index (χ1) is 13.9. The van der Waals surface area contributed by atoms with Gasteiger partial charge in [0.25, 0.3) is 5.91 Å². The average molecular weight is 415 g/mol. The van der Waals surface area contributed by atoms with Crippen molar-refractivity contribution in [2.75, 3.05) is 38.1 Å². The van der Waals surface area contributed by atoms with Crippen molar-refractivity contribution in [2.24, 2.45) is 10.2 Å². The fraction of sp³-hybridized carbons (Fsp3) is 0.333. The molecule has 0 bridgehead atoms. The quantitative estimate of drug-likeness (QED) is 0.491. The van der Waals surface area contributed by atoms with Crippen LogP contribution in [0.5, 0.6) is 0 Å². The number of rotatable bonds is 9. The van der Waals surface area contributed by atoms with E-state index in [1.165, 1.54) is 7.11 Å². The molecule has 2 aromatic carbocycles. The Morgan fingerprint density at radius 2 is 1.79 bits per heavy atom. The molecule has 1 N–H and O–H groups in total. The second-order valence-corrected chi connectivity index (χ2v) is 7.48. The number of amides is 1. The van der Waals surface area contributed by atoms with Gasteiger partial charge in [-0.15, -0.1) is 0 Å². The molecule has 0 unspecified atom stereocenters. The van der Waals surface area contributed by atoms with Crippen molar-refractivity contribution < 1.29 is 14.3 Å². The minimum Gasteiger partial charge on any atom is -0.467 e. The van der Waals surface area contributed by atoms with E-state index < -0.39 is 12.0 Å². The van der Waals surface area contributed by atoms with E-state index in [9.17, 15) is 9.59 Å². The number of hydrogen-bond donors (Lipinski definition) is 1. The Morgan fingerprint density at radius 1 is 1.10 bits per heavy atom. The highest BCUT2D eigenvalue weighted by atomic mass is 32.2. The van der Waals surface area contributed by atoms with Gasteiger partial charge in [0.05, 0.1) is 18.5 Å². The first-order valence-electron chi connectivity index (χ1n) is 9.11. The Labute approximate surface area is 175 Å². The molecule has 1 amide bonds. The van der Waals surface area contributed by atoms with Crippen LogP contribution in [-0.2, 0) is 9.53 Å². The number of azo groups is 1. The van der Waals surface area contributed by atoms with Gasteiger partial charge >= 0.3 is 5.97 Å². The zero-order chi connectivity index (χ0) is 21.2. The highest BCUT2D eigenvalue weighted by Gasteiger charge is 2.21. The van der Waals surface area contributed by atoms with Gasteiger partial charge in [0.1, 0.15) is 6.04 Å². The first-order valence-corrected chi connectivity index (χ1v) is 10.5. The zero-order valence-electron chi connectivity index (χ0n) is 17.1. The molecule has 0 aliphatic carbocycles. The summed E-state index contributed by atoms with van der Waals surface area (Å²) in [5.74, 6) is -0.0701. The van der Waals surface area contributed by atoms with Crippen LogP contribution in [0.3, 0.4) is 0 Å². The summed E-state index contributed by atoms with van der Waals surface area (Å²) in [6.07, 6.45) is 2.45. The van der Waals surface area contributed by atoms with Gasteiger partial charge in [-0.05, 0) is 60.9 Å². The highest BCUT2D eigenvalue weighted by Crippen LogP contribution is 2.22. The third-order valence-corrected chi connectivity index (χ3v) is 4.80. The predicted molar refractivity (Wildman–Crippen MR) is 118 cm³/mol. The molecule has 154 valence electrons. The molecule has 0 aliphatic heterocycles. The van der Waals surface area contributed by atoms with Crippen LogP contribution < -0.4 is 10.2 Å². The summed E-state index contributed by atoms with van der Waals surface area (Å²) >= 11 is 1.60. The van der Waals surface area contributed by atoms with Crippen molar-refractivity contribution in [3.63, 3.8) is 0 Å². The number of methoxy groups -OCH3 is 1. The molecule has 8 heteroatoms. The van der Waals surface area contributed by atoms with Crippen molar-refractivity contribution in [3.05, 3.63) is 54.1 Å². The van der Waals surface area contributed by atoms with E-state index in [1.54, 1.807) is 36.0 Å². The maximum Gasteiger partial charge on any atom is 0.328 e. The number of nitrogens with zero attached hydrogens (tertiary/aromatic N) is 3. The van der Waals surface area contributed by atoms with E-state index in [1.807, 2.05) is 49.5 Å². The number of nitrogens with one attached hydrogen (secondary N) is 1. The van der Waals surface area contributed by atoms with Gasteiger partial charge < -0.3 is 15.0 Å². The van der Waals surface area contributed by atoms with Crippen LogP contribution in [-0.4, -0.2) is 51.1 Å². The number of carbonyl (C=O) groups excluding carboxylic acids is 2. The smallest absolute Gasteiger partial charge is 0.328 e. The van der Waals surface area contributed by atoms with Crippen LogP contribution in [0, 0.1) is 0 Å². The number of thioether (sulfide) groups is 1. The minimum absolute atomic E-state index is 0.353. The van der Waals surface area contributed by atoms with Crippen LogP contribution in [0.15, 0.2) is 58.8 Å². The molecule has 0 aromatic heterocycles. The van der Waals surface area contributed by atoms with Gasteiger partial charge in [0.15, 0.2) is 0 Å². The lowest BCUT2D eigenvalue weighted by atomic mass is 10.1. The molecule has 0 saturated heterocycles. The summed E-state index contributed by atoms with van der Waals surface area (Å²) in [7, 11) is 5.25. The number of hydrogen-bond acceptors (Lipinski definition) is 7. The standard InChI is InChI=1S/C21H26N4O3S/c1-25(2)18-10-8-16(9-11-18)23-24-17-7-5-6-15(14-17)20(26)22-19(12-13-29-4)21(27)28-3/h5-11,14,19H,12-13H2,1-4H3,(H,22,26)/t19-/m0/s1. The van der Waals surface area contributed by atoms with E-state index >= 15 is 0 Å². The lowest BCUT2D eigenvalue weighted by molar-refractivity contribution is -0.142. The molecule has 7 nitrogen and oxygen atoms in total. The number of ether oxygens (including phenoxy) is 1. The van der Waals surface area contributed by atoms with Gasteiger partial charge in [0, 0.05) is 25.3 Å². The Morgan fingerprint density at radius 3 is 2.41 bits per heavy atom. The molecular weight excluding hydrogens is 388 g/mol. The maximum absolute atomic E-state index is 12.6. The van der Waals surface area contributed by atoms with E-state index in [-0.39, 0.29) is 5.91 Å². The van der Waals surface area contributed by atoms with Crippen molar-refractivity contribution in [1.82, 2.24) is 5.32 Å². The van der Waals surface area contributed by atoms with Crippen molar-refractivity contribution >= 4 is 40.7 Å². The van der Waals surface area contributed by atoms with Gasteiger partial charge in [-0.2, -0.15) is 22.0 Å². The zero-order valence-corrected chi connectivity index (χ0v) is 17.9. The monoisotopic (exact) mass is 414 g/mol. The lowest BCUT2D eigenvalue weighted by Gasteiger charge is -2.16. The van der Waals surface area contributed by atoms with Gasteiger partial charge in [-0.25, -0.2) is 4.79 Å². The van der Waals surface area contributed by atoms with Gasteiger partial charge in [-0.3, -0.25) is 4.79 Å². The molecule has 0 fully saturated rings. The maximum atomic E-state index is 12.6. The van der Waals surface area contributed by atoms with E-state index in [2.05, 4.69) is 15.5 Å². The lowest BCUT2D eigenvalue weighted by Crippen LogP contribution is -2.41. The molecule has 29 heavy (non-hydrogen) atoms. The van der Waals surface area contributed by atoms with Gasteiger partial charge in [-0.1, -0.05) is 6.07 Å². The SMILES string of the molecule is COC(=O)[C@H](CCSC)NC(=O)c1cccc(N=Nc2ccc(N(C)C)cc2)c1. The van der Waals surface area contributed by atoms with Crippen molar-refractivity contribution in [3.8, 4) is 0 Å². The number of benzene rings is 2. The minimum atomic E-state index is -0.680. The molecule has 1 atom stereocenters. The average Bonchev–Trinajstić information content (AvgIpc) is 2.74. The third kappa shape index (κ3) is 6.90. The van der Waals surface area contributed by atoms with Crippen LogP contribution in [0.1, 0.15) is 16.8 Å². The molecule has 0 radical (unpaired) electrons. The van der Waals surface area contributed by atoms with Crippen molar-refractivity contribution in [1.29, 1.82) is 0 Å².